The molecule has 2 fully saturated rings. The molecule has 3 amide bonds. The van der Waals surface area contributed by atoms with E-state index in [4.69, 9.17) is 0 Å². The molecule has 0 radical (unpaired) electrons. The lowest BCUT2D eigenvalue weighted by Gasteiger charge is -2.39. The number of piperidine rings is 1. The molecule has 0 bridgehead atoms. The average molecular weight is 575 g/mol. The summed E-state index contributed by atoms with van der Waals surface area (Å²) in [5.74, 6) is -0.263. The number of urea groups is 1. The molecule has 1 aliphatic carbocycles. The second-order valence-electron chi connectivity index (χ2n) is 11.0. The molecule has 2 aliphatic rings. The summed E-state index contributed by atoms with van der Waals surface area (Å²) in [5, 5.41) is 5.98. The van der Waals surface area contributed by atoms with Crippen molar-refractivity contribution in [1.82, 2.24) is 15.1 Å². The number of para-hydroxylation sites is 1. The quantitative estimate of drug-likeness (QED) is 0.365. The molecule has 0 atom stereocenters. The number of benzene rings is 3. The second-order valence-corrected chi connectivity index (χ2v) is 13.0. The molecule has 0 aromatic heterocycles. The fourth-order valence-corrected chi connectivity index (χ4v) is 6.10. The lowest BCUT2D eigenvalue weighted by Crippen LogP contribution is -2.49. The van der Waals surface area contributed by atoms with Gasteiger partial charge in [-0.2, -0.15) is 0 Å². The van der Waals surface area contributed by atoms with E-state index in [2.05, 4.69) is 39.8 Å². The van der Waals surface area contributed by atoms with Crippen molar-refractivity contribution in [3.8, 4) is 0 Å². The van der Waals surface area contributed by atoms with Crippen LogP contribution in [0.4, 0.5) is 10.5 Å². The lowest BCUT2D eigenvalue weighted by atomic mass is 10.0. The molecule has 5 rings (SSSR count). The third-order valence-corrected chi connectivity index (χ3v) is 8.97. The van der Waals surface area contributed by atoms with Crippen LogP contribution in [0.5, 0.6) is 0 Å². The number of carbonyl (C=O) groups is 2. The summed E-state index contributed by atoms with van der Waals surface area (Å²) in [6, 6.07) is 24.6. The van der Waals surface area contributed by atoms with Gasteiger partial charge in [-0.05, 0) is 67.5 Å². The fourth-order valence-electron chi connectivity index (χ4n) is 5.47. The molecule has 9 heteroatoms. The first-order valence-corrected chi connectivity index (χ1v) is 16.2. The van der Waals surface area contributed by atoms with Crippen molar-refractivity contribution in [3.63, 3.8) is 0 Å². The zero-order valence-electron chi connectivity index (χ0n) is 23.5. The number of likely N-dealkylation sites (tertiary alicyclic amines) is 1. The maximum atomic E-state index is 13.6. The van der Waals surface area contributed by atoms with Gasteiger partial charge in [0.15, 0.2) is 9.84 Å². The molecule has 8 nitrogen and oxygen atoms in total. The Morgan fingerprint density at radius 1 is 0.829 bits per heavy atom. The first-order chi connectivity index (χ1) is 19.8. The van der Waals surface area contributed by atoms with E-state index >= 15 is 0 Å². The summed E-state index contributed by atoms with van der Waals surface area (Å²) in [5.41, 5.74) is 3.15. The van der Waals surface area contributed by atoms with Gasteiger partial charge in [0.25, 0.3) is 5.91 Å². The van der Waals surface area contributed by atoms with Crippen molar-refractivity contribution in [2.75, 3.05) is 31.2 Å². The van der Waals surface area contributed by atoms with E-state index in [0.717, 1.165) is 50.9 Å². The molecule has 1 saturated heterocycles. The van der Waals surface area contributed by atoms with E-state index in [1.165, 1.54) is 11.8 Å². The lowest BCUT2D eigenvalue weighted by molar-refractivity contribution is 0.0955. The van der Waals surface area contributed by atoms with Crippen LogP contribution < -0.4 is 10.6 Å². The number of amides is 3. The van der Waals surface area contributed by atoms with Crippen LogP contribution in [0.2, 0.25) is 0 Å². The minimum absolute atomic E-state index is 0.139. The van der Waals surface area contributed by atoms with Gasteiger partial charge in [-0.15, -0.1) is 0 Å². The zero-order valence-corrected chi connectivity index (χ0v) is 24.3. The highest BCUT2D eigenvalue weighted by Gasteiger charge is 2.39. The SMILES string of the molecule is CS(=O)(=O)c1ccc(CCNC(=O)c2ccccc2NC(=O)N(C2CC2)C2CCN(Cc3ccccc3)CC2)cc1. The van der Waals surface area contributed by atoms with E-state index in [9.17, 15) is 18.0 Å². The third-order valence-electron chi connectivity index (χ3n) is 7.84. The van der Waals surface area contributed by atoms with Crippen LogP contribution in [-0.4, -0.2) is 68.1 Å². The van der Waals surface area contributed by atoms with Crippen LogP contribution in [0.25, 0.3) is 0 Å². The number of hydrogen-bond acceptors (Lipinski definition) is 5. The average Bonchev–Trinajstić information content (AvgIpc) is 3.80. The Bertz CT molecular complexity index is 1450. The topological polar surface area (TPSA) is 98.8 Å². The number of sulfone groups is 1. The van der Waals surface area contributed by atoms with E-state index in [0.29, 0.717) is 24.2 Å². The summed E-state index contributed by atoms with van der Waals surface area (Å²) in [6.45, 7) is 3.21. The Morgan fingerprint density at radius 2 is 1.46 bits per heavy atom. The van der Waals surface area contributed by atoms with Crippen LogP contribution in [0, 0.1) is 0 Å². The number of anilines is 1. The van der Waals surface area contributed by atoms with Crippen molar-refractivity contribution in [2.24, 2.45) is 0 Å². The standard InChI is InChI=1S/C32H38N4O4S/c1-41(39,40)28-15-11-24(12-16-28)17-20-33-31(37)29-9-5-6-10-30(29)34-32(38)36(26-13-14-26)27-18-21-35(22-19-27)23-25-7-3-2-4-8-25/h2-12,15-16,26-27H,13-14,17-23H2,1H3,(H,33,37)(H,34,38). The molecular weight excluding hydrogens is 536 g/mol. The van der Waals surface area contributed by atoms with Gasteiger partial charge in [-0.3, -0.25) is 9.69 Å². The van der Waals surface area contributed by atoms with Crippen molar-refractivity contribution in [3.05, 3.63) is 95.6 Å². The summed E-state index contributed by atoms with van der Waals surface area (Å²) in [6.07, 6.45) is 5.64. The predicted octanol–water partition coefficient (Wildman–Crippen LogP) is 4.72. The van der Waals surface area contributed by atoms with Crippen molar-refractivity contribution in [1.29, 1.82) is 0 Å². The van der Waals surface area contributed by atoms with Crippen LogP contribution in [0.1, 0.15) is 47.2 Å². The monoisotopic (exact) mass is 574 g/mol. The third kappa shape index (κ3) is 7.74. The molecule has 2 N–H and O–H groups in total. The van der Waals surface area contributed by atoms with Gasteiger partial charge in [0.1, 0.15) is 0 Å². The molecule has 41 heavy (non-hydrogen) atoms. The summed E-state index contributed by atoms with van der Waals surface area (Å²) < 4.78 is 23.3. The van der Waals surface area contributed by atoms with Crippen molar-refractivity contribution in [2.45, 2.75) is 55.6 Å². The van der Waals surface area contributed by atoms with E-state index in [-0.39, 0.29) is 28.9 Å². The highest BCUT2D eigenvalue weighted by atomic mass is 32.2. The van der Waals surface area contributed by atoms with Gasteiger partial charge < -0.3 is 15.5 Å². The smallest absolute Gasteiger partial charge is 0.322 e. The molecule has 0 spiro atoms. The number of nitrogens with one attached hydrogen (secondary N) is 2. The van der Waals surface area contributed by atoms with Gasteiger partial charge >= 0.3 is 6.03 Å². The molecule has 3 aromatic carbocycles. The van der Waals surface area contributed by atoms with E-state index < -0.39 is 9.84 Å². The molecule has 216 valence electrons. The fraction of sp³-hybridized carbons (Fsp3) is 0.375. The Balaban J connectivity index is 1.16. The van der Waals surface area contributed by atoms with Gasteiger partial charge in [-0.25, -0.2) is 13.2 Å². The normalized spacial score (nSPS) is 16.2. The summed E-state index contributed by atoms with van der Waals surface area (Å²) in [4.78, 5) is 31.4. The largest absolute Gasteiger partial charge is 0.352 e. The highest BCUT2D eigenvalue weighted by molar-refractivity contribution is 7.90. The molecule has 1 aliphatic heterocycles. The van der Waals surface area contributed by atoms with Gasteiger partial charge in [0.2, 0.25) is 0 Å². The molecule has 3 aromatic rings. The number of hydrogen-bond donors (Lipinski definition) is 2. The highest BCUT2D eigenvalue weighted by Crippen LogP contribution is 2.33. The number of nitrogens with zero attached hydrogens (tertiary/aromatic N) is 2. The maximum Gasteiger partial charge on any atom is 0.322 e. The summed E-state index contributed by atoms with van der Waals surface area (Å²) >= 11 is 0. The van der Waals surface area contributed by atoms with Crippen molar-refractivity contribution >= 4 is 27.5 Å². The maximum absolute atomic E-state index is 13.6. The van der Waals surface area contributed by atoms with E-state index in [1.807, 2.05) is 17.0 Å². The first kappa shape index (κ1) is 28.8. The van der Waals surface area contributed by atoms with Crippen LogP contribution in [0.3, 0.4) is 0 Å². The van der Waals surface area contributed by atoms with Gasteiger partial charge in [0, 0.05) is 44.5 Å². The Kier molecular flexibility index (Phi) is 9.05. The first-order valence-electron chi connectivity index (χ1n) is 14.3. The van der Waals surface area contributed by atoms with Gasteiger partial charge in [-0.1, -0.05) is 54.6 Å². The Hall–Kier alpha value is -3.69. The minimum Gasteiger partial charge on any atom is -0.352 e. The van der Waals surface area contributed by atoms with Crippen LogP contribution in [-0.2, 0) is 22.8 Å². The van der Waals surface area contributed by atoms with Gasteiger partial charge in [0.05, 0.1) is 16.1 Å². The minimum atomic E-state index is -3.24. The zero-order chi connectivity index (χ0) is 28.8. The predicted molar refractivity (Wildman–Crippen MR) is 161 cm³/mol. The van der Waals surface area contributed by atoms with Crippen molar-refractivity contribution < 1.29 is 18.0 Å². The molecule has 1 saturated carbocycles. The molecule has 0 unspecified atom stereocenters. The van der Waals surface area contributed by atoms with Crippen LogP contribution >= 0.6 is 0 Å². The summed E-state index contributed by atoms with van der Waals surface area (Å²) in [7, 11) is -3.24. The Morgan fingerprint density at radius 3 is 2.12 bits per heavy atom. The number of carbonyl (C=O) groups excluding carboxylic acids is 2. The van der Waals surface area contributed by atoms with E-state index in [1.54, 1.807) is 42.5 Å². The second kappa shape index (κ2) is 12.9. The Labute approximate surface area is 242 Å². The number of rotatable bonds is 10. The van der Waals surface area contributed by atoms with Crippen LogP contribution in [0.15, 0.2) is 83.8 Å². The molecular formula is C32H38N4O4S. The molecule has 1 heterocycles.